The Hall–Kier alpha value is 0.0900. The molecule has 0 aromatic heterocycles. The van der Waals surface area contributed by atoms with Crippen molar-refractivity contribution in [3.05, 3.63) is 0 Å². The lowest BCUT2D eigenvalue weighted by Gasteiger charge is -2.16. The molecule has 0 saturated carbocycles. The maximum atomic E-state index is 10.9. The fourth-order valence-electron chi connectivity index (χ4n) is 0.527. The van der Waals surface area contributed by atoms with Crippen molar-refractivity contribution in [1.29, 1.82) is 0 Å². The number of esters is 1. The third-order valence-corrected chi connectivity index (χ3v) is 1.79. The molecule has 0 aromatic rings. The molecule has 0 fully saturated rings. The van der Waals surface area contributed by atoms with Crippen LogP contribution in [0.4, 0.5) is 0 Å². The maximum absolute atomic E-state index is 10.9. The van der Waals surface area contributed by atoms with Gasteiger partial charge in [0.25, 0.3) is 0 Å². The molecule has 0 spiro atoms. The summed E-state index contributed by atoms with van der Waals surface area (Å²) < 4.78 is 7.01. The van der Waals surface area contributed by atoms with Crippen LogP contribution in [-0.4, -0.2) is 30.3 Å². The van der Waals surface area contributed by atoms with Crippen molar-refractivity contribution < 1.29 is 14.6 Å². The Labute approximate surface area is 74.6 Å². The number of thiol groups is 1. The molecule has 0 aliphatic rings. The molecular formula is C5H11NO3S2. The molecule has 6 heteroatoms. The highest BCUT2D eigenvalue weighted by Crippen LogP contribution is 2.04. The number of aliphatic hydroxyl groups excluding tert-OH is 1. The molecule has 4 nitrogen and oxygen atoms in total. The highest BCUT2D eigenvalue weighted by Gasteiger charge is 2.23. The van der Waals surface area contributed by atoms with Crippen molar-refractivity contribution in [3.63, 3.8) is 0 Å². The van der Waals surface area contributed by atoms with E-state index >= 15 is 0 Å². The Morgan fingerprint density at radius 1 is 1.82 bits per heavy atom. The van der Waals surface area contributed by atoms with Gasteiger partial charge in [0, 0.05) is 0 Å². The summed E-state index contributed by atoms with van der Waals surface area (Å²) >= 11 is 3.77. The van der Waals surface area contributed by atoms with Crippen LogP contribution in [-0.2, 0) is 9.53 Å². The lowest BCUT2D eigenvalue weighted by Crippen LogP contribution is -2.41. The van der Waals surface area contributed by atoms with Gasteiger partial charge >= 0.3 is 5.97 Å². The molecule has 66 valence electrons. The van der Waals surface area contributed by atoms with Crippen LogP contribution in [0, 0.1) is 0 Å². The largest absolute Gasteiger partial charge is 0.468 e. The van der Waals surface area contributed by atoms with Gasteiger partial charge in [-0.15, -0.1) is 0 Å². The van der Waals surface area contributed by atoms with Gasteiger partial charge in [-0.05, 0) is 17.9 Å². The monoisotopic (exact) mass is 197 g/mol. The third kappa shape index (κ3) is 3.85. The zero-order valence-corrected chi connectivity index (χ0v) is 7.98. The number of ether oxygens (including phenoxy) is 1. The number of carbonyl (C=O) groups excluding carboxylic acids is 1. The van der Waals surface area contributed by atoms with E-state index < -0.39 is 18.1 Å². The first-order chi connectivity index (χ1) is 5.13. The summed E-state index contributed by atoms with van der Waals surface area (Å²) in [5.41, 5.74) is 0. The molecule has 0 rings (SSSR count). The van der Waals surface area contributed by atoms with Gasteiger partial charge < -0.3 is 9.84 Å². The van der Waals surface area contributed by atoms with E-state index in [4.69, 9.17) is 5.11 Å². The predicted octanol–water partition coefficient (Wildman–Crippen LogP) is -0.00860. The quantitative estimate of drug-likeness (QED) is 0.256. The second kappa shape index (κ2) is 5.70. The van der Waals surface area contributed by atoms with Gasteiger partial charge in [0.15, 0.2) is 0 Å². The van der Waals surface area contributed by atoms with Crippen molar-refractivity contribution in [2.45, 2.75) is 19.1 Å². The smallest absolute Gasteiger partial charge is 0.326 e. The SMILES string of the molecule is COC(=O)[C@@H](NSS)[C@@H](C)O. The molecule has 0 heterocycles. The molecule has 0 bridgehead atoms. The van der Waals surface area contributed by atoms with Crippen LogP contribution in [0.25, 0.3) is 0 Å². The predicted molar refractivity (Wildman–Crippen MR) is 47.2 cm³/mol. The van der Waals surface area contributed by atoms with E-state index in [1.165, 1.54) is 14.0 Å². The van der Waals surface area contributed by atoms with Gasteiger partial charge in [0.05, 0.1) is 13.2 Å². The minimum Gasteiger partial charge on any atom is -0.468 e. The summed E-state index contributed by atoms with van der Waals surface area (Å²) in [5.74, 6) is -0.499. The van der Waals surface area contributed by atoms with E-state index in [0.29, 0.717) is 0 Å². The first-order valence-electron chi connectivity index (χ1n) is 2.95. The molecule has 2 N–H and O–H groups in total. The van der Waals surface area contributed by atoms with Crippen LogP contribution in [0.3, 0.4) is 0 Å². The zero-order valence-electron chi connectivity index (χ0n) is 6.27. The lowest BCUT2D eigenvalue weighted by molar-refractivity contribution is -0.145. The first kappa shape index (κ1) is 11.1. The van der Waals surface area contributed by atoms with Crippen molar-refractivity contribution in [1.82, 2.24) is 4.72 Å². The fourth-order valence-corrected chi connectivity index (χ4v) is 1.27. The fraction of sp³-hybridized carbons (Fsp3) is 0.800. The number of rotatable bonds is 4. The normalized spacial score (nSPS) is 15.6. The van der Waals surface area contributed by atoms with Gasteiger partial charge in [-0.3, -0.25) is 4.79 Å². The number of aliphatic hydroxyl groups is 1. The topological polar surface area (TPSA) is 58.6 Å². The Kier molecular flexibility index (Phi) is 5.75. The standard InChI is InChI=1S/C5H11NO3S2/c1-3(7)4(6-11-10)5(8)9-2/h3-4,6-7,10H,1-2H3/t3-,4+/m1/s1. The minimum absolute atomic E-state index is 0.499. The second-order valence-corrected chi connectivity index (χ2v) is 2.92. The zero-order chi connectivity index (χ0) is 8.85. The number of nitrogens with one attached hydrogen (secondary N) is 1. The van der Waals surface area contributed by atoms with Crippen molar-refractivity contribution >= 4 is 28.6 Å². The Morgan fingerprint density at radius 2 is 2.36 bits per heavy atom. The van der Waals surface area contributed by atoms with Crippen LogP contribution in [0.5, 0.6) is 0 Å². The maximum Gasteiger partial charge on any atom is 0.326 e. The van der Waals surface area contributed by atoms with Crippen LogP contribution >= 0.6 is 22.6 Å². The van der Waals surface area contributed by atoms with Crippen molar-refractivity contribution in [2.24, 2.45) is 0 Å². The summed E-state index contributed by atoms with van der Waals surface area (Å²) in [4.78, 5) is 10.9. The molecule has 0 amide bonds. The van der Waals surface area contributed by atoms with E-state index in [-0.39, 0.29) is 0 Å². The highest BCUT2D eigenvalue weighted by atomic mass is 33.1. The lowest BCUT2D eigenvalue weighted by atomic mass is 10.2. The molecule has 11 heavy (non-hydrogen) atoms. The Bertz CT molecular complexity index is 131. The third-order valence-electron chi connectivity index (χ3n) is 1.12. The van der Waals surface area contributed by atoms with Gasteiger partial charge in [0.2, 0.25) is 0 Å². The van der Waals surface area contributed by atoms with Gasteiger partial charge in [-0.25, -0.2) is 4.72 Å². The molecule has 0 aliphatic heterocycles. The minimum atomic E-state index is -0.790. The number of hydrogen-bond donors (Lipinski definition) is 3. The molecular weight excluding hydrogens is 186 g/mol. The van der Waals surface area contributed by atoms with E-state index in [9.17, 15) is 4.79 Å². The second-order valence-electron chi connectivity index (χ2n) is 1.95. The Morgan fingerprint density at radius 3 is 2.64 bits per heavy atom. The van der Waals surface area contributed by atoms with Crippen LogP contribution in [0.1, 0.15) is 6.92 Å². The molecule has 0 aliphatic carbocycles. The average Bonchev–Trinajstić information content (AvgIpc) is 1.98. The molecule has 0 radical (unpaired) electrons. The molecule has 0 saturated heterocycles. The molecule has 0 unspecified atom stereocenters. The van der Waals surface area contributed by atoms with E-state index in [1.54, 1.807) is 0 Å². The summed E-state index contributed by atoms with van der Waals surface area (Å²) in [7, 11) is 2.23. The van der Waals surface area contributed by atoms with Crippen LogP contribution in [0.15, 0.2) is 0 Å². The molecule has 0 aromatic carbocycles. The Balaban J connectivity index is 3.98. The van der Waals surface area contributed by atoms with Gasteiger partial charge in [-0.1, -0.05) is 11.7 Å². The number of hydrogen-bond acceptors (Lipinski definition) is 6. The number of carbonyl (C=O) groups is 1. The van der Waals surface area contributed by atoms with Gasteiger partial charge in [-0.2, -0.15) is 0 Å². The summed E-state index contributed by atoms with van der Waals surface area (Å²) in [6.45, 7) is 1.50. The van der Waals surface area contributed by atoms with Crippen LogP contribution < -0.4 is 4.72 Å². The van der Waals surface area contributed by atoms with E-state index in [1.807, 2.05) is 0 Å². The van der Waals surface area contributed by atoms with Crippen molar-refractivity contribution in [2.75, 3.05) is 7.11 Å². The van der Waals surface area contributed by atoms with E-state index in [2.05, 4.69) is 21.1 Å². The van der Waals surface area contributed by atoms with E-state index in [0.717, 1.165) is 11.0 Å². The summed E-state index contributed by atoms with van der Waals surface area (Å²) in [6.07, 6.45) is -0.790. The first-order valence-corrected chi connectivity index (χ1v) is 4.82. The highest BCUT2D eigenvalue weighted by molar-refractivity contribution is 8.67. The average molecular weight is 197 g/mol. The number of methoxy groups -OCH3 is 1. The molecule has 2 atom stereocenters. The summed E-state index contributed by atoms with van der Waals surface area (Å²) in [5, 5.41) is 9.03. The van der Waals surface area contributed by atoms with Crippen LogP contribution in [0.2, 0.25) is 0 Å². The van der Waals surface area contributed by atoms with Crippen molar-refractivity contribution in [3.8, 4) is 0 Å². The van der Waals surface area contributed by atoms with Gasteiger partial charge in [0.1, 0.15) is 6.04 Å². The summed E-state index contributed by atoms with van der Waals surface area (Å²) in [6, 6.07) is -0.720.